The second kappa shape index (κ2) is 13.7. The van der Waals surface area contributed by atoms with Gasteiger partial charge in [-0.05, 0) is 49.5 Å². The van der Waals surface area contributed by atoms with Crippen LogP contribution >= 0.6 is 0 Å². The zero-order valence-electron chi connectivity index (χ0n) is 22.1. The summed E-state index contributed by atoms with van der Waals surface area (Å²) in [6, 6.07) is 27.9. The number of amides is 2. The summed E-state index contributed by atoms with van der Waals surface area (Å²) < 4.78 is 12.0. The maximum absolute atomic E-state index is 13.1. The number of anilines is 1. The lowest BCUT2D eigenvalue weighted by molar-refractivity contribution is 0.0950. The molecule has 0 aliphatic carbocycles. The molecule has 0 saturated carbocycles. The van der Waals surface area contributed by atoms with Crippen LogP contribution in [0.1, 0.15) is 31.8 Å². The van der Waals surface area contributed by atoms with Crippen molar-refractivity contribution < 1.29 is 19.1 Å². The Labute approximate surface area is 228 Å². The van der Waals surface area contributed by atoms with Crippen molar-refractivity contribution in [3.05, 3.63) is 119 Å². The number of pyridine rings is 1. The van der Waals surface area contributed by atoms with Crippen LogP contribution in [-0.4, -0.2) is 48.9 Å². The molecule has 1 aromatic heterocycles. The number of hydrogen-bond acceptors (Lipinski definition) is 6. The third-order valence-electron chi connectivity index (χ3n) is 5.75. The lowest BCUT2D eigenvalue weighted by Gasteiger charge is -2.13. The second-order valence-electron chi connectivity index (χ2n) is 9.19. The Bertz CT molecular complexity index is 1300. The molecule has 8 nitrogen and oxygen atoms in total. The van der Waals surface area contributed by atoms with E-state index in [2.05, 4.69) is 15.6 Å². The molecule has 8 heteroatoms. The standard InChI is InChI=1S/C31H32N4O4/c1-35(2)16-15-32-30(36)25-13-14-29(33-20-25)34-31(37)26-17-27(38-21-23-9-5-3-6-10-23)19-28(18-26)39-22-24-11-7-4-8-12-24/h3-14,17-20H,15-16,21-22H2,1-2H3,(H,32,36)(H,33,34,37). The summed E-state index contributed by atoms with van der Waals surface area (Å²) in [6.45, 7) is 1.97. The lowest BCUT2D eigenvalue weighted by atomic mass is 10.1. The van der Waals surface area contributed by atoms with Crippen molar-refractivity contribution in [2.45, 2.75) is 13.2 Å². The first kappa shape index (κ1) is 27.3. The van der Waals surface area contributed by atoms with E-state index in [4.69, 9.17) is 9.47 Å². The third kappa shape index (κ3) is 8.69. The maximum atomic E-state index is 13.1. The molecule has 0 fully saturated rings. The van der Waals surface area contributed by atoms with E-state index in [-0.39, 0.29) is 11.8 Å². The average Bonchev–Trinajstić information content (AvgIpc) is 2.96. The predicted molar refractivity (Wildman–Crippen MR) is 151 cm³/mol. The number of rotatable bonds is 12. The molecule has 4 aromatic rings. The van der Waals surface area contributed by atoms with Gasteiger partial charge < -0.3 is 25.0 Å². The van der Waals surface area contributed by atoms with E-state index in [1.54, 1.807) is 30.3 Å². The number of carbonyl (C=O) groups is 2. The number of benzene rings is 3. The fourth-order valence-electron chi connectivity index (χ4n) is 3.64. The third-order valence-corrected chi connectivity index (χ3v) is 5.75. The molecular formula is C31H32N4O4. The van der Waals surface area contributed by atoms with Crippen LogP contribution in [0.15, 0.2) is 97.2 Å². The minimum absolute atomic E-state index is 0.217. The van der Waals surface area contributed by atoms with E-state index in [1.807, 2.05) is 79.7 Å². The second-order valence-corrected chi connectivity index (χ2v) is 9.19. The Morgan fingerprint density at radius 3 is 1.85 bits per heavy atom. The monoisotopic (exact) mass is 524 g/mol. The van der Waals surface area contributed by atoms with Gasteiger partial charge in [0, 0.05) is 30.9 Å². The SMILES string of the molecule is CN(C)CCNC(=O)c1ccc(NC(=O)c2cc(OCc3ccccc3)cc(OCc3ccccc3)c2)nc1. The molecule has 0 unspecified atom stereocenters. The largest absolute Gasteiger partial charge is 0.489 e. The molecule has 200 valence electrons. The summed E-state index contributed by atoms with van der Waals surface area (Å²) in [7, 11) is 3.88. The quantitative estimate of drug-likeness (QED) is 0.277. The van der Waals surface area contributed by atoms with Crippen molar-refractivity contribution in [2.24, 2.45) is 0 Å². The number of ether oxygens (including phenoxy) is 2. The first-order chi connectivity index (χ1) is 19.0. The fraction of sp³-hybridized carbons (Fsp3) is 0.194. The van der Waals surface area contributed by atoms with Gasteiger partial charge in [-0.15, -0.1) is 0 Å². The van der Waals surface area contributed by atoms with Crippen molar-refractivity contribution in [3.8, 4) is 11.5 Å². The van der Waals surface area contributed by atoms with Crippen LogP contribution in [0.4, 0.5) is 5.82 Å². The number of likely N-dealkylation sites (N-methyl/N-ethyl adjacent to an activating group) is 1. The molecule has 4 rings (SSSR count). The van der Waals surface area contributed by atoms with Crippen molar-refractivity contribution >= 4 is 17.6 Å². The molecule has 2 amide bonds. The molecule has 0 radical (unpaired) electrons. The molecular weight excluding hydrogens is 492 g/mol. The van der Waals surface area contributed by atoms with Crippen molar-refractivity contribution in [1.29, 1.82) is 0 Å². The first-order valence-corrected chi connectivity index (χ1v) is 12.6. The number of aromatic nitrogens is 1. The van der Waals surface area contributed by atoms with E-state index in [0.717, 1.165) is 17.7 Å². The van der Waals surface area contributed by atoms with Gasteiger partial charge in [-0.3, -0.25) is 9.59 Å². The van der Waals surface area contributed by atoms with E-state index in [0.29, 0.717) is 48.2 Å². The van der Waals surface area contributed by atoms with Crippen LogP contribution in [-0.2, 0) is 13.2 Å². The van der Waals surface area contributed by atoms with Crippen LogP contribution in [0.5, 0.6) is 11.5 Å². The molecule has 0 bridgehead atoms. The molecule has 3 aromatic carbocycles. The summed E-state index contributed by atoms with van der Waals surface area (Å²) in [5.41, 5.74) is 2.79. The molecule has 0 spiro atoms. The van der Waals surface area contributed by atoms with Crippen molar-refractivity contribution in [1.82, 2.24) is 15.2 Å². The number of nitrogens with zero attached hydrogens (tertiary/aromatic N) is 2. The van der Waals surface area contributed by atoms with E-state index >= 15 is 0 Å². The van der Waals surface area contributed by atoms with Crippen LogP contribution in [0.3, 0.4) is 0 Å². The molecule has 1 heterocycles. The number of hydrogen-bond donors (Lipinski definition) is 2. The van der Waals surface area contributed by atoms with E-state index < -0.39 is 0 Å². The summed E-state index contributed by atoms with van der Waals surface area (Å²) in [5.74, 6) is 0.748. The Balaban J connectivity index is 1.45. The van der Waals surface area contributed by atoms with Gasteiger partial charge in [0.25, 0.3) is 11.8 Å². The van der Waals surface area contributed by atoms with Gasteiger partial charge in [-0.1, -0.05) is 60.7 Å². The number of carbonyl (C=O) groups excluding carboxylic acids is 2. The minimum atomic E-state index is -0.375. The first-order valence-electron chi connectivity index (χ1n) is 12.6. The molecule has 0 atom stereocenters. The summed E-state index contributed by atoms with van der Waals surface area (Å²) in [6.07, 6.45) is 1.44. The Kier molecular flexibility index (Phi) is 9.63. The summed E-state index contributed by atoms with van der Waals surface area (Å²) in [4.78, 5) is 31.7. The van der Waals surface area contributed by atoms with Gasteiger partial charge in [0.05, 0.1) is 5.56 Å². The zero-order valence-corrected chi connectivity index (χ0v) is 22.1. The Morgan fingerprint density at radius 1 is 0.744 bits per heavy atom. The van der Waals surface area contributed by atoms with Gasteiger partial charge in [0.1, 0.15) is 30.5 Å². The van der Waals surface area contributed by atoms with Gasteiger partial charge >= 0.3 is 0 Å². The topological polar surface area (TPSA) is 92.8 Å². The lowest BCUT2D eigenvalue weighted by Crippen LogP contribution is -2.31. The number of nitrogens with one attached hydrogen (secondary N) is 2. The van der Waals surface area contributed by atoms with E-state index in [1.165, 1.54) is 6.20 Å². The van der Waals surface area contributed by atoms with Crippen LogP contribution < -0.4 is 20.1 Å². The highest BCUT2D eigenvalue weighted by Gasteiger charge is 2.13. The highest BCUT2D eigenvalue weighted by molar-refractivity contribution is 6.04. The van der Waals surface area contributed by atoms with Crippen LogP contribution in [0.2, 0.25) is 0 Å². The highest BCUT2D eigenvalue weighted by Crippen LogP contribution is 2.25. The molecule has 0 aliphatic rings. The normalized spacial score (nSPS) is 10.6. The highest BCUT2D eigenvalue weighted by atomic mass is 16.5. The summed E-state index contributed by atoms with van der Waals surface area (Å²) in [5, 5.41) is 5.63. The van der Waals surface area contributed by atoms with Crippen molar-refractivity contribution in [2.75, 3.05) is 32.5 Å². The predicted octanol–water partition coefficient (Wildman–Crippen LogP) is 4.78. The molecule has 0 saturated heterocycles. The van der Waals surface area contributed by atoms with Gasteiger partial charge in [-0.2, -0.15) is 0 Å². The molecule has 0 aliphatic heterocycles. The Morgan fingerprint density at radius 2 is 1.33 bits per heavy atom. The van der Waals surface area contributed by atoms with Gasteiger partial charge in [-0.25, -0.2) is 4.98 Å². The molecule has 2 N–H and O–H groups in total. The van der Waals surface area contributed by atoms with Gasteiger partial charge in [0.15, 0.2) is 0 Å². The van der Waals surface area contributed by atoms with E-state index in [9.17, 15) is 9.59 Å². The summed E-state index contributed by atoms with van der Waals surface area (Å²) >= 11 is 0. The van der Waals surface area contributed by atoms with Gasteiger partial charge in [0.2, 0.25) is 0 Å². The minimum Gasteiger partial charge on any atom is -0.489 e. The zero-order chi connectivity index (χ0) is 27.5. The van der Waals surface area contributed by atoms with Crippen LogP contribution in [0, 0.1) is 0 Å². The molecule has 39 heavy (non-hydrogen) atoms. The maximum Gasteiger partial charge on any atom is 0.257 e. The average molecular weight is 525 g/mol. The van der Waals surface area contributed by atoms with Crippen LogP contribution in [0.25, 0.3) is 0 Å². The Hall–Kier alpha value is -4.69. The fourth-order valence-corrected chi connectivity index (χ4v) is 3.64. The van der Waals surface area contributed by atoms with Crippen molar-refractivity contribution in [3.63, 3.8) is 0 Å². The smallest absolute Gasteiger partial charge is 0.257 e.